The van der Waals surface area contributed by atoms with Gasteiger partial charge in [0, 0.05) is 12.7 Å². The van der Waals surface area contributed by atoms with Crippen LogP contribution < -0.4 is 5.43 Å². The molecule has 1 aromatic heterocycles. The van der Waals surface area contributed by atoms with Crippen molar-refractivity contribution in [2.75, 3.05) is 0 Å². The number of carbonyl (C=O) groups is 1. The SMILES string of the molecule is CCn1cc(C(=O)O)c(=O)c2c(F)ccc(F)c21. The van der Waals surface area contributed by atoms with Gasteiger partial charge >= 0.3 is 5.97 Å². The van der Waals surface area contributed by atoms with Gasteiger partial charge in [-0.1, -0.05) is 0 Å². The van der Waals surface area contributed by atoms with E-state index >= 15 is 0 Å². The first-order valence-electron chi connectivity index (χ1n) is 5.21. The molecule has 1 aromatic carbocycles. The highest BCUT2D eigenvalue weighted by Gasteiger charge is 2.19. The van der Waals surface area contributed by atoms with Gasteiger partial charge in [0.05, 0.1) is 10.9 Å². The van der Waals surface area contributed by atoms with Crippen molar-refractivity contribution in [2.45, 2.75) is 13.5 Å². The predicted molar refractivity (Wildman–Crippen MR) is 60.8 cm³/mol. The summed E-state index contributed by atoms with van der Waals surface area (Å²) in [6, 6.07) is 1.72. The molecule has 4 nitrogen and oxygen atoms in total. The van der Waals surface area contributed by atoms with Crippen LogP contribution in [0.15, 0.2) is 23.1 Å². The lowest BCUT2D eigenvalue weighted by Gasteiger charge is -2.11. The van der Waals surface area contributed by atoms with E-state index in [9.17, 15) is 18.4 Å². The maximum absolute atomic E-state index is 13.7. The number of fused-ring (bicyclic) bond motifs is 1. The molecule has 18 heavy (non-hydrogen) atoms. The molecule has 0 saturated heterocycles. The van der Waals surface area contributed by atoms with E-state index in [0.717, 1.165) is 18.3 Å². The van der Waals surface area contributed by atoms with Crippen LogP contribution in [-0.4, -0.2) is 15.6 Å². The third-order valence-electron chi connectivity index (χ3n) is 2.69. The molecule has 1 heterocycles. The molecule has 0 radical (unpaired) electrons. The molecule has 0 fully saturated rings. The average molecular weight is 253 g/mol. The Kier molecular flexibility index (Phi) is 2.86. The highest BCUT2D eigenvalue weighted by Crippen LogP contribution is 2.19. The third-order valence-corrected chi connectivity index (χ3v) is 2.69. The monoisotopic (exact) mass is 253 g/mol. The Bertz CT molecular complexity index is 707. The molecule has 0 aliphatic rings. The fourth-order valence-corrected chi connectivity index (χ4v) is 1.85. The van der Waals surface area contributed by atoms with Crippen molar-refractivity contribution in [2.24, 2.45) is 0 Å². The van der Waals surface area contributed by atoms with Crippen molar-refractivity contribution in [3.05, 3.63) is 45.8 Å². The quantitative estimate of drug-likeness (QED) is 0.890. The van der Waals surface area contributed by atoms with Crippen molar-refractivity contribution >= 4 is 16.9 Å². The minimum Gasteiger partial charge on any atom is -0.477 e. The van der Waals surface area contributed by atoms with Crippen molar-refractivity contribution in [3.8, 4) is 0 Å². The van der Waals surface area contributed by atoms with Crippen LogP contribution in [-0.2, 0) is 6.54 Å². The van der Waals surface area contributed by atoms with E-state index in [1.165, 1.54) is 4.57 Å². The number of aromatic nitrogens is 1. The topological polar surface area (TPSA) is 59.3 Å². The van der Waals surface area contributed by atoms with Crippen molar-refractivity contribution in [3.63, 3.8) is 0 Å². The number of carboxylic acids is 1. The molecule has 94 valence electrons. The molecule has 0 aliphatic carbocycles. The smallest absolute Gasteiger partial charge is 0.341 e. The number of pyridine rings is 1. The Hall–Kier alpha value is -2.24. The van der Waals surface area contributed by atoms with Gasteiger partial charge in [-0.3, -0.25) is 4.79 Å². The Morgan fingerprint density at radius 3 is 2.50 bits per heavy atom. The zero-order chi connectivity index (χ0) is 13.4. The summed E-state index contributed by atoms with van der Waals surface area (Å²) in [5, 5.41) is 8.34. The fraction of sp³-hybridized carbons (Fsp3) is 0.167. The third kappa shape index (κ3) is 1.66. The van der Waals surface area contributed by atoms with E-state index in [1.807, 2.05) is 0 Å². The molecule has 2 aromatic rings. The number of hydrogen-bond acceptors (Lipinski definition) is 2. The molecule has 2 rings (SSSR count). The van der Waals surface area contributed by atoms with Gasteiger partial charge in [-0.15, -0.1) is 0 Å². The summed E-state index contributed by atoms with van der Waals surface area (Å²) < 4.78 is 28.5. The standard InChI is InChI=1S/C12H9F2NO3/c1-2-15-5-6(12(17)18)11(16)9-7(13)3-4-8(14)10(9)15/h3-5H,2H2,1H3,(H,17,18). The zero-order valence-electron chi connectivity index (χ0n) is 9.41. The molecular weight excluding hydrogens is 244 g/mol. The van der Waals surface area contributed by atoms with Gasteiger partial charge in [0.2, 0.25) is 5.43 Å². The van der Waals surface area contributed by atoms with E-state index in [1.54, 1.807) is 6.92 Å². The Labute approximate surface area is 100 Å². The number of rotatable bonds is 2. The molecule has 0 spiro atoms. The lowest BCUT2D eigenvalue weighted by Crippen LogP contribution is -2.20. The highest BCUT2D eigenvalue weighted by molar-refractivity contribution is 5.92. The van der Waals surface area contributed by atoms with E-state index < -0.39 is 34.0 Å². The van der Waals surface area contributed by atoms with Gasteiger partial charge in [-0.2, -0.15) is 0 Å². The largest absolute Gasteiger partial charge is 0.477 e. The number of benzene rings is 1. The van der Waals surface area contributed by atoms with E-state index in [0.29, 0.717) is 0 Å². The van der Waals surface area contributed by atoms with Crippen LogP contribution in [0.3, 0.4) is 0 Å². The minimum atomic E-state index is -1.47. The molecule has 0 saturated carbocycles. The molecule has 0 bridgehead atoms. The molecular formula is C12H9F2NO3. The Balaban J connectivity index is 3.08. The first-order chi connectivity index (χ1) is 8.47. The summed E-state index contributed by atoms with van der Waals surface area (Å²) >= 11 is 0. The molecule has 6 heteroatoms. The van der Waals surface area contributed by atoms with Crippen LogP contribution in [0, 0.1) is 11.6 Å². The van der Waals surface area contributed by atoms with E-state index in [2.05, 4.69) is 0 Å². The highest BCUT2D eigenvalue weighted by atomic mass is 19.1. The van der Waals surface area contributed by atoms with Gasteiger partial charge in [0.15, 0.2) is 0 Å². The second-order valence-electron chi connectivity index (χ2n) is 3.72. The van der Waals surface area contributed by atoms with Crippen LogP contribution in [0.25, 0.3) is 10.9 Å². The first-order valence-corrected chi connectivity index (χ1v) is 5.21. The van der Waals surface area contributed by atoms with Crippen LogP contribution >= 0.6 is 0 Å². The number of nitrogens with zero attached hydrogens (tertiary/aromatic N) is 1. The Morgan fingerprint density at radius 2 is 1.94 bits per heavy atom. The van der Waals surface area contributed by atoms with Gasteiger partial charge in [0.1, 0.15) is 17.2 Å². The van der Waals surface area contributed by atoms with E-state index in [4.69, 9.17) is 5.11 Å². The second-order valence-corrected chi connectivity index (χ2v) is 3.72. The van der Waals surface area contributed by atoms with Crippen LogP contribution in [0.4, 0.5) is 8.78 Å². The van der Waals surface area contributed by atoms with E-state index in [-0.39, 0.29) is 12.1 Å². The number of aryl methyl sites for hydroxylation is 1. The maximum atomic E-state index is 13.7. The number of carboxylic acid groups (broad SMARTS) is 1. The minimum absolute atomic E-state index is 0.215. The van der Waals surface area contributed by atoms with Crippen LogP contribution in [0.5, 0.6) is 0 Å². The zero-order valence-corrected chi connectivity index (χ0v) is 9.41. The summed E-state index contributed by atoms with van der Waals surface area (Å²) in [6.45, 7) is 1.86. The number of hydrogen-bond donors (Lipinski definition) is 1. The molecule has 0 amide bonds. The lowest BCUT2D eigenvalue weighted by molar-refractivity contribution is 0.0695. The summed E-state index contributed by atoms with van der Waals surface area (Å²) in [4.78, 5) is 22.7. The molecule has 0 atom stereocenters. The normalized spacial score (nSPS) is 10.8. The van der Waals surface area contributed by atoms with Gasteiger partial charge in [-0.25, -0.2) is 13.6 Å². The van der Waals surface area contributed by atoms with Crippen LogP contribution in [0.2, 0.25) is 0 Å². The number of halogens is 2. The first kappa shape index (κ1) is 12.2. The lowest BCUT2D eigenvalue weighted by atomic mass is 10.1. The van der Waals surface area contributed by atoms with Crippen molar-refractivity contribution in [1.82, 2.24) is 4.57 Å². The average Bonchev–Trinajstić information content (AvgIpc) is 2.33. The summed E-state index contributed by atoms with van der Waals surface area (Å²) in [5.41, 5.74) is -1.81. The summed E-state index contributed by atoms with van der Waals surface area (Å²) in [6.07, 6.45) is 1.02. The van der Waals surface area contributed by atoms with Gasteiger partial charge in [-0.05, 0) is 19.1 Å². The van der Waals surface area contributed by atoms with Gasteiger partial charge < -0.3 is 9.67 Å². The molecule has 1 N–H and O–H groups in total. The molecule has 0 aliphatic heterocycles. The maximum Gasteiger partial charge on any atom is 0.341 e. The number of aromatic carboxylic acids is 1. The molecule has 0 unspecified atom stereocenters. The summed E-state index contributed by atoms with van der Waals surface area (Å²) in [5.74, 6) is -3.16. The van der Waals surface area contributed by atoms with Crippen molar-refractivity contribution < 1.29 is 18.7 Å². The Morgan fingerprint density at radius 1 is 1.33 bits per heavy atom. The second kappa shape index (κ2) is 4.21. The van der Waals surface area contributed by atoms with Crippen molar-refractivity contribution in [1.29, 1.82) is 0 Å². The van der Waals surface area contributed by atoms with Crippen LogP contribution in [0.1, 0.15) is 17.3 Å². The fourth-order valence-electron chi connectivity index (χ4n) is 1.85. The van der Waals surface area contributed by atoms with Gasteiger partial charge in [0.25, 0.3) is 0 Å². The summed E-state index contributed by atoms with van der Waals surface area (Å²) in [7, 11) is 0. The predicted octanol–water partition coefficient (Wildman–Crippen LogP) is 2.00.